The molecule has 30 heavy (non-hydrogen) atoms. The highest BCUT2D eigenvalue weighted by Gasteiger charge is 2.18. The third-order valence-corrected chi connectivity index (χ3v) is 4.87. The highest BCUT2D eigenvalue weighted by Crippen LogP contribution is 2.15. The first-order valence-corrected chi connectivity index (χ1v) is 9.73. The number of benzene rings is 1. The van der Waals surface area contributed by atoms with Gasteiger partial charge in [-0.05, 0) is 34.1 Å². The number of rotatable bonds is 5. The number of pyridine rings is 1. The van der Waals surface area contributed by atoms with Gasteiger partial charge in [0.1, 0.15) is 12.3 Å². The van der Waals surface area contributed by atoms with Gasteiger partial charge in [0.2, 0.25) is 0 Å². The fourth-order valence-corrected chi connectivity index (χ4v) is 3.38. The zero-order chi connectivity index (χ0) is 21.3. The number of halogens is 1. The van der Waals surface area contributed by atoms with Gasteiger partial charge in [-0.3, -0.25) is 14.0 Å². The van der Waals surface area contributed by atoms with Crippen molar-refractivity contribution in [1.29, 1.82) is 0 Å². The second kappa shape index (κ2) is 8.17. The number of esters is 1. The SMILES string of the molecule is O=C(OCc1cc(=O)n2cc(Br)ccc2n1)c1nn(CCO)c(=O)c2ccccc12. The maximum absolute atomic E-state index is 12.7. The summed E-state index contributed by atoms with van der Waals surface area (Å²) in [5.74, 6) is -0.768. The van der Waals surface area contributed by atoms with Gasteiger partial charge in [0.25, 0.3) is 11.1 Å². The van der Waals surface area contributed by atoms with Crippen LogP contribution in [-0.2, 0) is 17.9 Å². The molecule has 9 nitrogen and oxygen atoms in total. The molecule has 3 aromatic heterocycles. The number of fused-ring (bicyclic) bond motifs is 2. The first-order valence-electron chi connectivity index (χ1n) is 8.93. The van der Waals surface area contributed by atoms with Crippen LogP contribution in [0.15, 0.2) is 62.7 Å². The van der Waals surface area contributed by atoms with Gasteiger partial charge in [-0.2, -0.15) is 5.10 Å². The van der Waals surface area contributed by atoms with Crippen LogP contribution in [0.2, 0.25) is 0 Å². The maximum atomic E-state index is 12.7. The molecule has 0 saturated carbocycles. The second-order valence-corrected chi connectivity index (χ2v) is 7.30. The molecular weight excluding hydrogens is 456 g/mol. The summed E-state index contributed by atoms with van der Waals surface area (Å²) in [5.41, 5.74) is -0.0837. The molecule has 0 spiro atoms. The molecule has 0 unspecified atom stereocenters. The lowest BCUT2D eigenvalue weighted by molar-refractivity contribution is 0.0460. The van der Waals surface area contributed by atoms with E-state index >= 15 is 0 Å². The Labute approximate surface area is 177 Å². The van der Waals surface area contributed by atoms with Crippen molar-refractivity contribution in [2.45, 2.75) is 13.2 Å². The van der Waals surface area contributed by atoms with Crippen LogP contribution in [0.1, 0.15) is 16.2 Å². The second-order valence-electron chi connectivity index (χ2n) is 6.38. The van der Waals surface area contributed by atoms with Crippen LogP contribution < -0.4 is 11.1 Å². The van der Waals surface area contributed by atoms with Crippen LogP contribution in [0.25, 0.3) is 16.4 Å². The molecule has 0 atom stereocenters. The highest BCUT2D eigenvalue weighted by molar-refractivity contribution is 9.10. The van der Waals surface area contributed by atoms with Gasteiger partial charge in [0, 0.05) is 22.1 Å². The fourth-order valence-electron chi connectivity index (χ4n) is 3.04. The van der Waals surface area contributed by atoms with E-state index in [0.29, 0.717) is 16.4 Å². The summed E-state index contributed by atoms with van der Waals surface area (Å²) in [6.07, 6.45) is 1.60. The zero-order valence-corrected chi connectivity index (χ0v) is 17.1. The summed E-state index contributed by atoms with van der Waals surface area (Å²) >= 11 is 3.30. The molecule has 152 valence electrons. The Morgan fingerprint density at radius 1 is 1.13 bits per heavy atom. The number of hydrogen-bond donors (Lipinski definition) is 1. The Hall–Kier alpha value is -3.37. The lowest BCUT2D eigenvalue weighted by Gasteiger charge is -2.10. The molecule has 10 heteroatoms. The highest BCUT2D eigenvalue weighted by atomic mass is 79.9. The van der Waals surface area contributed by atoms with E-state index in [4.69, 9.17) is 9.84 Å². The van der Waals surface area contributed by atoms with Gasteiger partial charge >= 0.3 is 5.97 Å². The molecule has 0 saturated heterocycles. The number of ether oxygens (including phenoxy) is 1. The minimum absolute atomic E-state index is 0.0531. The smallest absolute Gasteiger partial charge is 0.359 e. The first-order chi connectivity index (χ1) is 14.5. The third-order valence-electron chi connectivity index (χ3n) is 4.40. The van der Waals surface area contributed by atoms with E-state index in [-0.39, 0.29) is 36.7 Å². The van der Waals surface area contributed by atoms with Crippen molar-refractivity contribution in [3.05, 3.63) is 85.2 Å². The van der Waals surface area contributed by atoms with Gasteiger partial charge in [-0.25, -0.2) is 14.5 Å². The predicted octanol–water partition coefficient (Wildman–Crippen LogP) is 1.52. The summed E-state index contributed by atoms with van der Waals surface area (Å²) in [6.45, 7) is -0.598. The Morgan fingerprint density at radius 3 is 2.67 bits per heavy atom. The summed E-state index contributed by atoms with van der Waals surface area (Å²) in [6, 6.07) is 11.2. The average molecular weight is 471 g/mol. The van der Waals surface area contributed by atoms with Crippen LogP contribution in [0, 0.1) is 0 Å². The topological polar surface area (TPSA) is 116 Å². The first kappa shape index (κ1) is 19.9. The third kappa shape index (κ3) is 3.74. The van der Waals surface area contributed by atoms with Crippen molar-refractivity contribution in [3.63, 3.8) is 0 Å². The lowest BCUT2D eigenvalue weighted by atomic mass is 10.1. The number of aromatic nitrogens is 4. The summed E-state index contributed by atoms with van der Waals surface area (Å²) in [7, 11) is 0. The standard InChI is InChI=1S/C20H15BrN4O5/c21-12-5-6-16-22-13(9-17(27)24(16)10-12)11-30-20(29)18-14-3-1-2-4-15(14)19(28)25(23-18)7-8-26/h1-6,9-10,26H,7-8,11H2. The summed E-state index contributed by atoms with van der Waals surface area (Å²) < 4.78 is 8.45. The average Bonchev–Trinajstić information content (AvgIpc) is 2.75. The van der Waals surface area contributed by atoms with Gasteiger partial charge in [0.05, 0.1) is 24.2 Å². The van der Waals surface area contributed by atoms with E-state index in [1.54, 1.807) is 42.6 Å². The molecule has 0 aliphatic rings. The molecule has 0 fully saturated rings. The number of carbonyl (C=O) groups is 1. The van der Waals surface area contributed by atoms with Crippen molar-refractivity contribution < 1.29 is 14.6 Å². The minimum atomic E-state index is -0.768. The van der Waals surface area contributed by atoms with Gasteiger partial charge in [-0.15, -0.1) is 0 Å². The van der Waals surface area contributed by atoms with Gasteiger partial charge in [-0.1, -0.05) is 18.2 Å². The van der Waals surface area contributed by atoms with E-state index in [1.165, 1.54) is 10.5 Å². The zero-order valence-electron chi connectivity index (χ0n) is 15.5. The maximum Gasteiger partial charge on any atom is 0.359 e. The minimum Gasteiger partial charge on any atom is -0.454 e. The number of aliphatic hydroxyl groups excluding tert-OH is 1. The molecule has 3 heterocycles. The van der Waals surface area contributed by atoms with Gasteiger partial charge < -0.3 is 9.84 Å². The van der Waals surface area contributed by atoms with Crippen LogP contribution in [0.3, 0.4) is 0 Å². The lowest BCUT2D eigenvalue weighted by Crippen LogP contribution is -2.27. The Kier molecular flexibility index (Phi) is 5.42. The Morgan fingerprint density at radius 2 is 1.90 bits per heavy atom. The van der Waals surface area contributed by atoms with E-state index in [1.807, 2.05) is 0 Å². The van der Waals surface area contributed by atoms with Crippen molar-refractivity contribution in [2.24, 2.45) is 0 Å². The van der Waals surface area contributed by atoms with E-state index < -0.39 is 11.5 Å². The monoisotopic (exact) mass is 470 g/mol. The molecule has 1 aromatic carbocycles. The summed E-state index contributed by atoms with van der Waals surface area (Å²) in [5, 5.41) is 13.9. The molecule has 0 bridgehead atoms. The Balaban J connectivity index is 1.66. The molecule has 0 aliphatic heterocycles. The largest absolute Gasteiger partial charge is 0.454 e. The number of hydrogen-bond acceptors (Lipinski definition) is 7. The number of carbonyl (C=O) groups excluding carboxylic acids is 1. The molecular formula is C20H15BrN4O5. The normalized spacial score (nSPS) is 11.1. The van der Waals surface area contributed by atoms with E-state index in [9.17, 15) is 14.4 Å². The van der Waals surface area contributed by atoms with Crippen molar-refractivity contribution >= 4 is 38.3 Å². The predicted molar refractivity (Wildman–Crippen MR) is 111 cm³/mol. The molecule has 0 aliphatic carbocycles. The number of aliphatic hydroxyl groups is 1. The van der Waals surface area contributed by atoms with Crippen LogP contribution >= 0.6 is 15.9 Å². The van der Waals surface area contributed by atoms with E-state index in [2.05, 4.69) is 26.0 Å². The van der Waals surface area contributed by atoms with Gasteiger partial charge in [0.15, 0.2) is 5.69 Å². The van der Waals surface area contributed by atoms with Crippen molar-refractivity contribution in [1.82, 2.24) is 19.2 Å². The number of nitrogens with zero attached hydrogens (tertiary/aromatic N) is 4. The Bertz CT molecular complexity index is 1400. The van der Waals surface area contributed by atoms with Crippen LogP contribution in [-0.4, -0.2) is 36.8 Å². The van der Waals surface area contributed by atoms with Crippen molar-refractivity contribution in [3.8, 4) is 0 Å². The molecule has 0 amide bonds. The quantitative estimate of drug-likeness (QED) is 0.439. The molecule has 4 aromatic rings. The molecule has 4 rings (SSSR count). The summed E-state index contributed by atoms with van der Waals surface area (Å²) in [4.78, 5) is 41.8. The van der Waals surface area contributed by atoms with Crippen LogP contribution in [0.5, 0.6) is 0 Å². The van der Waals surface area contributed by atoms with Crippen LogP contribution in [0.4, 0.5) is 0 Å². The molecule has 1 N–H and O–H groups in total. The van der Waals surface area contributed by atoms with E-state index in [0.717, 1.165) is 9.15 Å². The van der Waals surface area contributed by atoms with Crippen molar-refractivity contribution in [2.75, 3.05) is 6.61 Å². The fraction of sp³-hybridized carbons (Fsp3) is 0.150. The molecule has 0 radical (unpaired) electrons.